The van der Waals surface area contributed by atoms with Crippen molar-refractivity contribution in [3.63, 3.8) is 0 Å². The molecular weight excluding hydrogens is 258 g/mol. The van der Waals surface area contributed by atoms with Crippen molar-refractivity contribution in [1.29, 1.82) is 0 Å². The maximum Gasteiger partial charge on any atom is 0.257 e. The number of ether oxygens (including phenoxy) is 3. The molecule has 0 bridgehead atoms. The molecule has 1 amide bonds. The zero-order chi connectivity index (χ0) is 13.8. The highest BCUT2D eigenvalue weighted by molar-refractivity contribution is 5.97. The quantitative estimate of drug-likeness (QED) is 0.843. The number of nitrogens with zero attached hydrogens (tertiary/aromatic N) is 1. The van der Waals surface area contributed by atoms with Gasteiger partial charge in [-0.2, -0.15) is 0 Å². The van der Waals surface area contributed by atoms with Crippen molar-refractivity contribution in [2.75, 3.05) is 32.9 Å². The third-order valence-electron chi connectivity index (χ3n) is 3.55. The maximum atomic E-state index is 12.5. The summed E-state index contributed by atoms with van der Waals surface area (Å²) in [6, 6.07) is 7.39. The van der Waals surface area contributed by atoms with E-state index in [1.54, 1.807) is 0 Å². The van der Waals surface area contributed by atoms with E-state index >= 15 is 0 Å². The molecule has 0 aromatic heterocycles. The first-order valence-electron chi connectivity index (χ1n) is 7.09. The molecule has 0 aliphatic carbocycles. The Kier molecular flexibility index (Phi) is 4.18. The van der Waals surface area contributed by atoms with E-state index in [-0.39, 0.29) is 12.2 Å². The Bertz CT molecular complexity index is 471. The minimum atomic E-state index is -0.184. The summed E-state index contributed by atoms with van der Waals surface area (Å²) in [5.41, 5.74) is 0.635. The number of rotatable bonds is 3. The first-order chi connectivity index (χ1) is 9.84. The Hall–Kier alpha value is -1.59. The van der Waals surface area contributed by atoms with Gasteiger partial charge in [0.1, 0.15) is 12.4 Å². The van der Waals surface area contributed by atoms with Gasteiger partial charge in [0, 0.05) is 13.0 Å². The SMILES string of the molecule is O=C1c2ccccc2OCCN1CCC1OCCCO1. The highest BCUT2D eigenvalue weighted by Crippen LogP contribution is 2.23. The molecule has 0 unspecified atom stereocenters. The van der Waals surface area contributed by atoms with Gasteiger partial charge in [-0.3, -0.25) is 4.79 Å². The van der Waals surface area contributed by atoms with Crippen LogP contribution in [0.15, 0.2) is 24.3 Å². The Morgan fingerprint density at radius 1 is 1.15 bits per heavy atom. The summed E-state index contributed by atoms with van der Waals surface area (Å²) in [6.45, 7) is 3.23. The second-order valence-electron chi connectivity index (χ2n) is 4.95. The molecule has 5 heteroatoms. The standard InChI is InChI=1S/C15H19NO4/c17-15-12-4-1-2-5-13(12)18-11-8-16(15)7-6-14-19-9-3-10-20-14/h1-2,4-5,14H,3,6-11H2. The average Bonchev–Trinajstić information content (AvgIpc) is 2.66. The number of carbonyl (C=O) groups excluding carboxylic acids is 1. The topological polar surface area (TPSA) is 48.0 Å². The Morgan fingerprint density at radius 2 is 1.95 bits per heavy atom. The van der Waals surface area contributed by atoms with Crippen LogP contribution in [0, 0.1) is 0 Å². The summed E-state index contributed by atoms with van der Waals surface area (Å²) < 4.78 is 16.6. The van der Waals surface area contributed by atoms with Crippen LogP contribution in [-0.4, -0.2) is 50.0 Å². The number of fused-ring (bicyclic) bond motifs is 1. The minimum Gasteiger partial charge on any atom is -0.491 e. The second-order valence-corrected chi connectivity index (χ2v) is 4.95. The fourth-order valence-electron chi connectivity index (χ4n) is 2.48. The first kappa shape index (κ1) is 13.4. The Balaban J connectivity index is 1.63. The Morgan fingerprint density at radius 3 is 2.80 bits per heavy atom. The van der Waals surface area contributed by atoms with Gasteiger partial charge in [-0.25, -0.2) is 0 Å². The van der Waals surface area contributed by atoms with E-state index in [0.29, 0.717) is 37.4 Å². The predicted octanol–water partition coefficient (Wildman–Crippen LogP) is 1.67. The number of hydrogen-bond acceptors (Lipinski definition) is 4. The van der Waals surface area contributed by atoms with Crippen molar-refractivity contribution in [2.45, 2.75) is 19.1 Å². The fraction of sp³-hybridized carbons (Fsp3) is 0.533. The third kappa shape index (κ3) is 2.94. The molecule has 0 atom stereocenters. The van der Waals surface area contributed by atoms with E-state index in [4.69, 9.17) is 14.2 Å². The minimum absolute atomic E-state index is 0.0221. The van der Waals surface area contributed by atoms with Crippen molar-refractivity contribution in [2.24, 2.45) is 0 Å². The fourth-order valence-corrected chi connectivity index (χ4v) is 2.48. The zero-order valence-corrected chi connectivity index (χ0v) is 11.4. The van der Waals surface area contributed by atoms with Crippen molar-refractivity contribution < 1.29 is 19.0 Å². The van der Waals surface area contributed by atoms with Crippen LogP contribution in [0.25, 0.3) is 0 Å². The average molecular weight is 277 g/mol. The zero-order valence-electron chi connectivity index (χ0n) is 11.4. The van der Waals surface area contributed by atoms with Gasteiger partial charge in [-0.1, -0.05) is 12.1 Å². The van der Waals surface area contributed by atoms with Crippen molar-refractivity contribution >= 4 is 5.91 Å². The molecule has 2 aliphatic rings. The number of para-hydroxylation sites is 1. The van der Waals surface area contributed by atoms with Crippen LogP contribution in [0.5, 0.6) is 5.75 Å². The normalized spacial score (nSPS) is 20.2. The van der Waals surface area contributed by atoms with Gasteiger partial charge >= 0.3 is 0 Å². The highest BCUT2D eigenvalue weighted by atomic mass is 16.7. The molecule has 20 heavy (non-hydrogen) atoms. The summed E-state index contributed by atoms with van der Waals surface area (Å²) in [4.78, 5) is 14.3. The molecular formula is C15H19NO4. The van der Waals surface area contributed by atoms with Gasteiger partial charge in [0.15, 0.2) is 6.29 Å². The van der Waals surface area contributed by atoms with E-state index in [2.05, 4.69) is 0 Å². The van der Waals surface area contributed by atoms with Gasteiger partial charge in [0.25, 0.3) is 5.91 Å². The first-order valence-corrected chi connectivity index (χ1v) is 7.09. The molecule has 1 saturated heterocycles. The largest absolute Gasteiger partial charge is 0.491 e. The summed E-state index contributed by atoms with van der Waals surface area (Å²) in [6.07, 6.45) is 1.46. The van der Waals surface area contributed by atoms with E-state index < -0.39 is 0 Å². The van der Waals surface area contributed by atoms with E-state index in [9.17, 15) is 4.79 Å². The Labute approximate surface area is 118 Å². The van der Waals surface area contributed by atoms with Crippen molar-refractivity contribution in [3.05, 3.63) is 29.8 Å². The smallest absolute Gasteiger partial charge is 0.257 e. The summed E-state index contributed by atoms with van der Waals surface area (Å²) in [7, 11) is 0. The lowest BCUT2D eigenvalue weighted by Gasteiger charge is -2.26. The lowest BCUT2D eigenvalue weighted by atomic mass is 10.1. The molecule has 1 fully saturated rings. The molecule has 1 aromatic carbocycles. The van der Waals surface area contributed by atoms with Crippen LogP contribution in [0.2, 0.25) is 0 Å². The second kappa shape index (κ2) is 6.24. The van der Waals surface area contributed by atoms with Crippen LogP contribution < -0.4 is 4.74 Å². The van der Waals surface area contributed by atoms with E-state index in [1.807, 2.05) is 29.2 Å². The molecule has 2 heterocycles. The molecule has 0 radical (unpaired) electrons. The molecule has 5 nitrogen and oxygen atoms in total. The third-order valence-corrected chi connectivity index (χ3v) is 3.55. The molecule has 2 aliphatic heterocycles. The van der Waals surface area contributed by atoms with E-state index in [1.165, 1.54) is 0 Å². The number of carbonyl (C=O) groups is 1. The van der Waals surface area contributed by atoms with Crippen LogP contribution in [-0.2, 0) is 9.47 Å². The lowest BCUT2D eigenvalue weighted by molar-refractivity contribution is -0.182. The molecule has 108 valence electrons. The van der Waals surface area contributed by atoms with Crippen LogP contribution in [0.4, 0.5) is 0 Å². The van der Waals surface area contributed by atoms with E-state index in [0.717, 1.165) is 19.6 Å². The lowest BCUT2D eigenvalue weighted by Crippen LogP contribution is -2.36. The molecule has 0 N–H and O–H groups in total. The van der Waals surface area contributed by atoms with Gasteiger partial charge in [0.2, 0.25) is 0 Å². The van der Waals surface area contributed by atoms with Crippen LogP contribution in [0.1, 0.15) is 23.2 Å². The van der Waals surface area contributed by atoms with Gasteiger partial charge < -0.3 is 19.1 Å². The number of hydrogen-bond donors (Lipinski definition) is 0. The number of amides is 1. The highest BCUT2D eigenvalue weighted by Gasteiger charge is 2.24. The van der Waals surface area contributed by atoms with Gasteiger partial charge in [-0.15, -0.1) is 0 Å². The predicted molar refractivity (Wildman–Crippen MR) is 72.8 cm³/mol. The summed E-state index contributed by atoms with van der Waals surface area (Å²) in [5.74, 6) is 0.694. The maximum absolute atomic E-state index is 12.5. The molecule has 3 rings (SSSR count). The van der Waals surface area contributed by atoms with Crippen molar-refractivity contribution in [3.8, 4) is 5.75 Å². The summed E-state index contributed by atoms with van der Waals surface area (Å²) >= 11 is 0. The monoisotopic (exact) mass is 277 g/mol. The van der Waals surface area contributed by atoms with Crippen LogP contribution >= 0.6 is 0 Å². The molecule has 0 saturated carbocycles. The molecule has 1 aromatic rings. The number of benzene rings is 1. The van der Waals surface area contributed by atoms with Gasteiger partial charge in [0.05, 0.1) is 25.3 Å². The van der Waals surface area contributed by atoms with Crippen LogP contribution in [0.3, 0.4) is 0 Å². The van der Waals surface area contributed by atoms with Gasteiger partial charge in [-0.05, 0) is 18.6 Å². The van der Waals surface area contributed by atoms with Crippen molar-refractivity contribution in [1.82, 2.24) is 4.90 Å². The molecule has 0 spiro atoms. The summed E-state index contributed by atoms with van der Waals surface area (Å²) in [5, 5.41) is 0.